The first kappa shape index (κ1) is 9.89. The number of benzene rings is 2. The third kappa shape index (κ3) is 1.20. The summed E-state index contributed by atoms with van der Waals surface area (Å²) in [7, 11) is 0. The number of hydrogen-bond acceptors (Lipinski definition) is 1. The van der Waals surface area contributed by atoms with E-state index in [1.807, 2.05) is 12.1 Å². The van der Waals surface area contributed by atoms with Gasteiger partial charge in [-0.25, -0.2) is 0 Å². The molecule has 1 aliphatic heterocycles. The molecule has 2 aromatic carbocycles. The maximum Gasteiger partial charge on any atom is 0.251 e. The molecule has 0 fully saturated rings. The van der Waals surface area contributed by atoms with Gasteiger partial charge in [-0.2, -0.15) is 0 Å². The van der Waals surface area contributed by atoms with E-state index in [9.17, 15) is 4.79 Å². The van der Waals surface area contributed by atoms with E-state index in [2.05, 4.69) is 35.6 Å². The molecule has 2 aromatic rings. The largest absolute Gasteiger partial charge is 0.351 e. The lowest BCUT2D eigenvalue weighted by molar-refractivity contribution is 0.0942. The highest BCUT2D eigenvalue weighted by Crippen LogP contribution is 2.39. The minimum Gasteiger partial charge on any atom is -0.351 e. The summed E-state index contributed by atoms with van der Waals surface area (Å²) >= 11 is 0. The fraction of sp³-hybridized carbons (Fsp3) is 0.188. The molecule has 0 spiro atoms. The molecule has 0 aromatic heterocycles. The molecule has 0 saturated heterocycles. The summed E-state index contributed by atoms with van der Waals surface area (Å²) in [6.07, 6.45) is 0.948. The van der Waals surface area contributed by atoms with E-state index in [4.69, 9.17) is 0 Å². The lowest BCUT2D eigenvalue weighted by atomic mass is 9.74. The van der Waals surface area contributed by atoms with Crippen LogP contribution < -0.4 is 5.32 Å². The summed E-state index contributed by atoms with van der Waals surface area (Å²) in [5.74, 6) is 0.404. The minimum atomic E-state index is 0.0717. The number of carbonyl (C=O) groups excluding carboxylic acids is 1. The van der Waals surface area contributed by atoms with E-state index in [1.165, 1.54) is 22.3 Å². The SMILES string of the molecule is O=C1NCC2c3ccccc3Cc3cccc1c32. The van der Waals surface area contributed by atoms with Gasteiger partial charge in [0.1, 0.15) is 0 Å². The fourth-order valence-corrected chi connectivity index (χ4v) is 3.27. The number of hydrogen-bond donors (Lipinski definition) is 1. The zero-order valence-electron chi connectivity index (χ0n) is 9.94. The smallest absolute Gasteiger partial charge is 0.251 e. The minimum absolute atomic E-state index is 0.0717. The molecule has 0 saturated carbocycles. The van der Waals surface area contributed by atoms with E-state index in [0.29, 0.717) is 5.92 Å². The molecule has 88 valence electrons. The van der Waals surface area contributed by atoms with E-state index in [0.717, 1.165) is 18.5 Å². The van der Waals surface area contributed by atoms with Gasteiger partial charge in [0.15, 0.2) is 0 Å². The Hall–Kier alpha value is -2.09. The van der Waals surface area contributed by atoms with E-state index in [-0.39, 0.29) is 5.91 Å². The molecule has 1 atom stereocenters. The van der Waals surface area contributed by atoms with Gasteiger partial charge in [0.2, 0.25) is 0 Å². The first-order chi connectivity index (χ1) is 8.84. The number of amides is 1. The predicted molar refractivity (Wildman–Crippen MR) is 69.9 cm³/mol. The average Bonchev–Trinajstić information content (AvgIpc) is 2.42. The molecule has 2 aliphatic rings. The topological polar surface area (TPSA) is 29.1 Å². The van der Waals surface area contributed by atoms with Crippen LogP contribution in [-0.4, -0.2) is 12.5 Å². The summed E-state index contributed by atoms with van der Waals surface area (Å²) in [5, 5.41) is 3.00. The van der Waals surface area contributed by atoms with Crippen molar-refractivity contribution in [2.75, 3.05) is 6.54 Å². The molecule has 1 unspecified atom stereocenters. The Morgan fingerprint density at radius 2 is 1.83 bits per heavy atom. The van der Waals surface area contributed by atoms with Crippen molar-refractivity contribution < 1.29 is 4.79 Å². The van der Waals surface area contributed by atoms with Crippen LogP contribution in [0.1, 0.15) is 38.5 Å². The van der Waals surface area contributed by atoms with Crippen LogP contribution in [0, 0.1) is 0 Å². The summed E-state index contributed by atoms with van der Waals surface area (Å²) < 4.78 is 0. The summed E-state index contributed by atoms with van der Waals surface area (Å²) in [4.78, 5) is 11.9. The van der Waals surface area contributed by atoms with Gasteiger partial charge < -0.3 is 5.32 Å². The molecule has 4 rings (SSSR count). The molecule has 18 heavy (non-hydrogen) atoms. The van der Waals surface area contributed by atoms with E-state index in [1.54, 1.807) is 0 Å². The standard InChI is InChI=1S/C16H13NO/c18-16-13-7-3-5-11-8-10-4-1-2-6-12(10)14(9-17-16)15(11)13/h1-7,14H,8-9H2,(H,17,18). The zero-order chi connectivity index (χ0) is 12.1. The molecule has 1 amide bonds. The van der Waals surface area contributed by atoms with Gasteiger partial charge in [-0.3, -0.25) is 4.79 Å². The van der Waals surface area contributed by atoms with Crippen molar-refractivity contribution in [1.82, 2.24) is 5.32 Å². The van der Waals surface area contributed by atoms with Crippen LogP contribution in [0.15, 0.2) is 42.5 Å². The van der Waals surface area contributed by atoms with Gasteiger partial charge in [-0.15, -0.1) is 0 Å². The highest BCUT2D eigenvalue weighted by molar-refractivity contribution is 5.98. The number of carbonyl (C=O) groups is 1. The normalized spacial score (nSPS) is 19.8. The van der Waals surface area contributed by atoms with Crippen molar-refractivity contribution >= 4 is 5.91 Å². The molecular formula is C16H13NO. The Kier molecular flexibility index (Phi) is 1.90. The maximum atomic E-state index is 11.9. The first-order valence-electron chi connectivity index (χ1n) is 6.32. The van der Waals surface area contributed by atoms with Crippen LogP contribution >= 0.6 is 0 Å². The van der Waals surface area contributed by atoms with Crippen LogP contribution in [0.4, 0.5) is 0 Å². The van der Waals surface area contributed by atoms with Crippen LogP contribution in [0.2, 0.25) is 0 Å². The Morgan fingerprint density at radius 1 is 1.00 bits per heavy atom. The Balaban J connectivity index is 2.01. The van der Waals surface area contributed by atoms with Gasteiger partial charge in [0, 0.05) is 18.0 Å². The number of fused-ring (bicyclic) bond motifs is 2. The van der Waals surface area contributed by atoms with E-state index >= 15 is 0 Å². The maximum absolute atomic E-state index is 11.9. The number of rotatable bonds is 0. The second-order valence-electron chi connectivity index (χ2n) is 5.02. The molecule has 1 N–H and O–H groups in total. The summed E-state index contributed by atoms with van der Waals surface area (Å²) in [6, 6.07) is 14.6. The van der Waals surface area contributed by atoms with Crippen LogP contribution in [-0.2, 0) is 6.42 Å². The van der Waals surface area contributed by atoms with Gasteiger partial charge in [0.05, 0.1) is 0 Å². The molecular weight excluding hydrogens is 222 g/mol. The quantitative estimate of drug-likeness (QED) is 0.746. The zero-order valence-corrected chi connectivity index (χ0v) is 9.94. The Morgan fingerprint density at radius 3 is 2.78 bits per heavy atom. The number of nitrogens with one attached hydrogen (secondary N) is 1. The first-order valence-corrected chi connectivity index (χ1v) is 6.32. The fourth-order valence-electron chi connectivity index (χ4n) is 3.27. The molecule has 1 aliphatic carbocycles. The lowest BCUT2D eigenvalue weighted by Crippen LogP contribution is -2.37. The monoisotopic (exact) mass is 235 g/mol. The molecule has 0 bridgehead atoms. The third-order valence-electron chi connectivity index (χ3n) is 4.07. The van der Waals surface area contributed by atoms with Gasteiger partial charge >= 0.3 is 0 Å². The van der Waals surface area contributed by atoms with Crippen LogP contribution in [0.25, 0.3) is 0 Å². The van der Waals surface area contributed by atoms with E-state index < -0.39 is 0 Å². The van der Waals surface area contributed by atoms with Crippen molar-refractivity contribution in [3.05, 3.63) is 70.3 Å². The third-order valence-corrected chi connectivity index (χ3v) is 4.07. The summed E-state index contributed by atoms with van der Waals surface area (Å²) in [6.45, 7) is 0.722. The van der Waals surface area contributed by atoms with Crippen molar-refractivity contribution in [3.8, 4) is 0 Å². The molecule has 2 nitrogen and oxygen atoms in total. The van der Waals surface area contributed by atoms with Crippen molar-refractivity contribution in [3.63, 3.8) is 0 Å². The van der Waals surface area contributed by atoms with Gasteiger partial charge in [-0.05, 0) is 34.7 Å². The van der Waals surface area contributed by atoms with Crippen molar-refractivity contribution in [2.45, 2.75) is 12.3 Å². The Labute approximate surface area is 106 Å². The molecule has 1 heterocycles. The lowest BCUT2D eigenvalue weighted by Gasteiger charge is -2.33. The van der Waals surface area contributed by atoms with Gasteiger partial charge in [0.25, 0.3) is 5.91 Å². The highest BCUT2D eigenvalue weighted by Gasteiger charge is 2.32. The van der Waals surface area contributed by atoms with Crippen LogP contribution in [0.3, 0.4) is 0 Å². The highest BCUT2D eigenvalue weighted by atomic mass is 16.1. The van der Waals surface area contributed by atoms with Gasteiger partial charge in [-0.1, -0.05) is 36.4 Å². The predicted octanol–water partition coefficient (Wildman–Crippen LogP) is 2.47. The van der Waals surface area contributed by atoms with Crippen molar-refractivity contribution in [2.24, 2.45) is 0 Å². The average molecular weight is 235 g/mol. The molecule has 0 radical (unpaired) electrons. The Bertz CT molecular complexity index is 660. The molecule has 2 heteroatoms. The van der Waals surface area contributed by atoms with Crippen molar-refractivity contribution in [1.29, 1.82) is 0 Å². The van der Waals surface area contributed by atoms with Crippen LogP contribution in [0.5, 0.6) is 0 Å². The second kappa shape index (κ2) is 3.45. The second-order valence-corrected chi connectivity index (χ2v) is 5.02. The summed E-state index contributed by atoms with van der Waals surface area (Å²) in [5.41, 5.74) is 6.19.